The number of H-pyrrole nitrogens is 1. The summed E-state index contributed by atoms with van der Waals surface area (Å²) < 4.78 is 0. The van der Waals surface area contributed by atoms with Gasteiger partial charge in [-0.15, -0.1) is 11.3 Å². The Hall–Kier alpha value is -2.40. The van der Waals surface area contributed by atoms with Gasteiger partial charge in [0.1, 0.15) is 5.01 Å². The third-order valence-electron chi connectivity index (χ3n) is 2.76. The van der Waals surface area contributed by atoms with Gasteiger partial charge >= 0.3 is 5.97 Å². The molecule has 3 rings (SSSR count). The van der Waals surface area contributed by atoms with Gasteiger partial charge in [-0.1, -0.05) is 12.1 Å². The van der Waals surface area contributed by atoms with Gasteiger partial charge in [-0.25, -0.2) is 9.78 Å². The van der Waals surface area contributed by atoms with Crippen LogP contribution in [0.4, 0.5) is 0 Å². The van der Waals surface area contributed by atoms with Crippen LogP contribution in [-0.4, -0.2) is 21.0 Å². The Morgan fingerprint density at radius 1 is 1.21 bits per heavy atom. The second-order valence-corrected chi connectivity index (χ2v) is 4.86. The lowest BCUT2D eigenvalue weighted by Gasteiger charge is -1.97. The van der Waals surface area contributed by atoms with Crippen LogP contribution in [0.25, 0.3) is 22.0 Å². The molecule has 0 aliphatic heterocycles. The Kier molecular flexibility index (Phi) is 2.89. The molecule has 19 heavy (non-hydrogen) atoms. The van der Waals surface area contributed by atoms with Gasteiger partial charge in [-0.05, 0) is 24.3 Å². The molecule has 0 unspecified atom stereocenters. The minimum Gasteiger partial charge on any atom is -0.478 e. The molecular weight excluding hydrogens is 260 g/mol. The zero-order valence-electron chi connectivity index (χ0n) is 9.83. The smallest absolute Gasteiger partial charge is 0.335 e. The summed E-state index contributed by atoms with van der Waals surface area (Å²) >= 11 is 1.55. The van der Waals surface area contributed by atoms with E-state index in [-0.39, 0.29) is 5.56 Å². The number of rotatable bonds is 3. The van der Waals surface area contributed by atoms with E-state index in [1.807, 2.05) is 23.7 Å². The van der Waals surface area contributed by atoms with Gasteiger partial charge in [-0.2, -0.15) is 0 Å². The normalized spacial score (nSPS) is 10.5. The molecule has 1 aromatic carbocycles. The lowest BCUT2D eigenvalue weighted by Crippen LogP contribution is -1.94. The number of nitrogens with zero attached hydrogens (tertiary/aromatic N) is 1. The monoisotopic (exact) mass is 270 g/mol. The first-order valence-electron chi connectivity index (χ1n) is 5.67. The minimum atomic E-state index is -0.920. The molecule has 0 atom stereocenters. The molecular formula is C14H10N2O2S. The van der Waals surface area contributed by atoms with Gasteiger partial charge in [0.15, 0.2) is 0 Å². The Morgan fingerprint density at radius 2 is 2.00 bits per heavy atom. The van der Waals surface area contributed by atoms with E-state index in [2.05, 4.69) is 9.97 Å². The van der Waals surface area contributed by atoms with Gasteiger partial charge in [0, 0.05) is 17.1 Å². The maximum atomic E-state index is 10.8. The third-order valence-corrected chi connectivity index (χ3v) is 3.64. The first-order valence-corrected chi connectivity index (χ1v) is 6.55. The second-order valence-electron chi connectivity index (χ2n) is 4.00. The molecule has 0 saturated carbocycles. The number of benzene rings is 1. The van der Waals surface area contributed by atoms with Crippen molar-refractivity contribution in [3.63, 3.8) is 0 Å². The van der Waals surface area contributed by atoms with E-state index in [1.165, 1.54) is 0 Å². The standard InChI is InChI=1S/C14H10N2O2S/c17-14(18)10-5-3-9(4-6-10)12-8-19-13(16-12)11-2-1-7-15-11/h1-8,15H,(H,17,18). The van der Waals surface area contributed by atoms with Crippen molar-refractivity contribution in [2.45, 2.75) is 0 Å². The van der Waals surface area contributed by atoms with Crippen LogP contribution in [0.5, 0.6) is 0 Å². The van der Waals surface area contributed by atoms with Gasteiger partial charge in [-0.3, -0.25) is 0 Å². The number of aromatic nitrogens is 2. The summed E-state index contributed by atoms with van der Waals surface area (Å²) in [5.41, 5.74) is 3.03. The van der Waals surface area contributed by atoms with Crippen molar-refractivity contribution in [1.82, 2.24) is 9.97 Å². The van der Waals surface area contributed by atoms with Crippen molar-refractivity contribution in [2.75, 3.05) is 0 Å². The number of carbonyl (C=O) groups is 1. The van der Waals surface area contributed by atoms with E-state index in [1.54, 1.807) is 35.6 Å². The molecule has 0 amide bonds. The summed E-state index contributed by atoms with van der Waals surface area (Å²) in [6.45, 7) is 0. The fourth-order valence-electron chi connectivity index (χ4n) is 1.78. The van der Waals surface area contributed by atoms with Crippen molar-refractivity contribution in [3.05, 3.63) is 53.5 Å². The van der Waals surface area contributed by atoms with Crippen LogP contribution in [0.3, 0.4) is 0 Å². The van der Waals surface area contributed by atoms with Crippen LogP contribution in [0.15, 0.2) is 48.0 Å². The van der Waals surface area contributed by atoms with Crippen molar-refractivity contribution >= 4 is 17.3 Å². The first-order chi connectivity index (χ1) is 9.24. The fourth-order valence-corrected chi connectivity index (χ4v) is 2.59. The zero-order chi connectivity index (χ0) is 13.2. The number of thiazole rings is 1. The average Bonchev–Trinajstić information content (AvgIpc) is 3.10. The molecule has 0 radical (unpaired) electrons. The summed E-state index contributed by atoms with van der Waals surface area (Å²) in [6, 6.07) is 10.6. The van der Waals surface area contributed by atoms with Crippen LogP contribution in [-0.2, 0) is 0 Å². The summed E-state index contributed by atoms with van der Waals surface area (Å²) in [4.78, 5) is 18.4. The number of hydrogen-bond donors (Lipinski definition) is 2. The largest absolute Gasteiger partial charge is 0.478 e. The molecule has 3 aromatic rings. The Morgan fingerprint density at radius 3 is 2.63 bits per heavy atom. The van der Waals surface area contributed by atoms with E-state index >= 15 is 0 Å². The van der Waals surface area contributed by atoms with E-state index < -0.39 is 5.97 Å². The van der Waals surface area contributed by atoms with Gasteiger partial charge in [0.25, 0.3) is 0 Å². The fraction of sp³-hybridized carbons (Fsp3) is 0. The highest BCUT2D eigenvalue weighted by molar-refractivity contribution is 7.13. The number of nitrogens with one attached hydrogen (secondary N) is 1. The molecule has 0 saturated heterocycles. The zero-order valence-corrected chi connectivity index (χ0v) is 10.6. The quantitative estimate of drug-likeness (QED) is 0.765. The summed E-state index contributed by atoms with van der Waals surface area (Å²) in [7, 11) is 0. The van der Waals surface area contributed by atoms with Crippen molar-refractivity contribution in [1.29, 1.82) is 0 Å². The number of carboxylic acid groups (broad SMARTS) is 1. The van der Waals surface area contributed by atoms with E-state index in [0.717, 1.165) is 22.0 Å². The summed E-state index contributed by atoms with van der Waals surface area (Å²) in [5, 5.41) is 11.7. The molecule has 94 valence electrons. The Labute approximate surface area is 113 Å². The van der Waals surface area contributed by atoms with E-state index in [4.69, 9.17) is 5.11 Å². The van der Waals surface area contributed by atoms with Crippen LogP contribution in [0.2, 0.25) is 0 Å². The topological polar surface area (TPSA) is 66.0 Å². The van der Waals surface area contributed by atoms with Crippen LogP contribution in [0.1, 0.15) is 10.4 Å². The molecule has 0 aliphatic rings. The highest BCUT2D eigenvalue weighted by Gasteiger charge is 2.08. The van der Waals surface area contributed by atoms with Gasteiger partial charge in [0.2, 0.25) is 0 Å². The molecule has 2 N–H and O–H groups in total. The van der Waals surface area contributed by atoms with E-state index in [9.17, 15) is 4.79 Å². The van der Waals surface area contributed by atoms with Gasteiger partial charge in [0.05, 0.1) is 17.0 Å². The minimum absolute atomic E-state index is 0.281. The Bertz CT molecular complexity index is 699. The Balaban J connectivity index is 1.92. The maximum Gasteiger partial charge on any atom is 0.335 e. The van der Waals surface area contributed by atoms with Crippen LogP contribution >= 0.6 is 11.3 Å². The molecule has 0 spiro atoms. The highest BCUT2D eigenvalue weighted by atomic mass is 32.1. The SMILES string of the molecule is O=C(O)c1ccc(-c2csc(-c3ccc[nH]3)n2)cc1. The molecule has 0 aliphatic carbocycles. The van der Waals surface area contributed by atoms with Crippen molar-refractivity contribution < 1.29 is 9.90 Å². The maximum absolute atomic E-state index is 10.8. The van der Waals surface area contributed by atoms with Crippen molar-refractivity contribution in [3.8, 4) is 22.0 Å². The predicted octanol–water partition coefficient (Wildman–Crippen LogP) is 3.50. The number of aromatic carboxylic acids is 1. The number of carboxylic acids is 1. The summed E-state index contributed by atoms with van der Waals surface area (Å²) in [6.07, 6.45) is 1.86. The summed E-state index contributed by atoms with van der Waals surface area (Å²) in [5.74, 6) is -0.920. The highest BCUT2D eigenvalue weighted by Crippen LogP contribution is 2.27. The van der Waals surface area contributed by atoms with Crippen molar-refractivity contribution in [2.24, 2.45) is 0 Å². The molecule has 2 heterocycles. The first kappa shape index (κ1) is 11.7. The average molecular weight is 270 g/mol. The molecule has 5 heteroatoms. The van der Waals surface area contributed by atoms with Crippen LogP contribution < -0.4 is 0 Å². The lowest BCUT2D eigenvalue weighted by atomic mass is 10.1. The van der Waals surface area contributed by atoms with Crippen LogP contribution in [0, 0.1) is 0 Å². The second kappa shape index (κ2) is 4.70. The number of hydrogen-bond acceptors (Lipinski definition) is 3. The van der Waals surface area contributed by atoms with E-state index in [0.29, 0.717) is 0 Å². The molecule has 0 fully saturated rings. The molecule has 4 nitrogen and oxygen atoms in total. The third kappa shape index (κ3) is 2.28. The predicted molar refractivity (Wildman–Crippen MR) is 74.3 cm³/mol. The number of aromatic amines is 1. The molecule has 0 bridgehead atoms. The van der Waals surface area contributed by atoms with Gasteiger partial charge < -0.3 is 10.1 Å². The molecule has 2 aromatic heterocycles. The lowest BCUT2D eigenvalue weighted by molar-refractivity contribution is 0.0697.